The molecular weight excluding hydrogens is 528 g/mol. The molecule has 1 aliphatic rings. The number of benzene rings is 2. The second-order valence-electron chi connectivity index (χ2n) is 9.33. The van der Waals surface area contributed by atoms with Gasteiger partial charge in [0.05, 0.1) is 35.6 Å². The number of nitrogens with zero attached hydrogens (tertiary/aromatic N) is 3. The molecule has 0 saturated carbocycles. The molecule has 4 aromatic rings. The van der Waals surface area contributed by atoms with Crippen LogP contribution in [0.4, 0.5) is 26.3 Å². The molecule has 2 aromatic heterocycles. The minimum atomic E-state index is -5.02. The van der Waals surface area contributed by atoms with Gasteiger partial charge in [-0.3, -0.25) is 4.90 Å². The first-order chi connectivity index (χ1) is 18.4. The Balaban J connectivity index is 1.69. The molecule has 0 radical (unpaired) electrons. The highest BCUT2D eigenvalue weighted by molar-refractivity contribution is 6.10. The number of para-hydroxylation sites is 1. The van der Waals surface area contributed by atoms with E-state index in [1.807, 2.05) is 0 Å². The third-order valence-electron chi connectivity index (χ3n) is 6.88. The van der Waals surface area contributed by atoms with Crippen LogP contribution < -0.4 is 0 Å². The lowest BCUT2D eigenvalue weighted by Gasteiger charge is -2.26. The number of carboxylic acids is 1. The van der Waals surface area contributed by atoms with Crippen LogP contribution in [0.3, 0.4) is 0 Å². The van der Waals surface area contributed by atoms with Gasteiger partial charge in [-0.15, -0.1) is 0 Å². The Bertz CT molecular complexity index is 1540. The fourth-order valence-electron chi connectivity index (χ4n) is 5.02. The number of carboxylic acid groups (broad SMARTS) is 1. The topological polar surface area (TPSA) is 67.6 Å². The normalized spacial score (nSPS) is 15.3. The van der Waals surface area contributed by atoms with Crippen LogP contribution in [-0.2, 0) is 30.1 Å². The molecule has 0 spiro atoms. The second kappa shape index (κ2) is 10.2. The van der Waals surface area contributed by atoms with Gasteiger partial charge < -0.3 is 14.4 Å². The lowest BCUT2D eigenvalue weighted by molar-refractivity contribution is -0.143. The zero-order valence-corrected chi connectivity index (χ0v) is 20.4. The van der Waals surface area contributed by atoms with Crippen LogP contribution in [0.1, 0.15) is 32.9 Å². The fraction of sp³-hybridized carbons (Fsp3) is 0.333. The Kier molecular flexibility index (Phi) is 7.02. The molecule has 0 atom stereocenters. The minimum absolute atomic E-state index is 0.128. The van der Waals surface area contributed by atoms with Gasteiger partial charge >= 0.3 is 18.3 Å². The van der Waals surface area contributed by atoms with Gasteiger partial charge in [-0.2, -0.15) is 26.3 Å². The van der Waals surface area contributed by atoms with E-state index < -0.39 is 36.0 Å². The van der Waals surface area contributed by atoms with Gasteiger partial charge in [0.2, 0.25) is 0 Å². The summed E-state index contributed by atoms with van der Waals surface area (Å²) in [5.41, 5.74) is -1.98. The molecule has 6 nitrogen and oxygen atoms in total. The first-order valence-electron chi connectivity index (χ1n) is 12.1. The van der Waals surface area contributed by atoms with E-state index in [9.17, 15) is 36.2 Å². The number of alkyl halides is 6. The maximum Gasteiger partial charge on any atom is 0.416 e. The molecule has 3 heterocycles. The van der Waals surface area contributed by atoms with Gasteiger partial charge in [-0.25, -0.2) is 9.78 Å². The van der Waals surface area contributed by atoms with Crippen molar-refractivity contribution in [2.75, 3.05) is 32.8 Å². The van der Waals surface area contributed by atoms with E-state index >= 15 is 0 Å². The van der Waals surface area contributed by atoms with Gasteiger partial charge in [0.25, 0.3) is 0 Å². The van der Waals surface area contributed by atoms with E-state index in [1.54, 1.807) is 28.8 Å². The molecule has 1 saturated heterocycles. The standard InChI is InChI=1S/C27H23F6N3O3/c28-26(29,30)17-6-5-16(20(13-17)27(31,32)33)15-36-23-4-2-1-3-18(23)19-14-22(25(37)38)34-21(24(19)36)7-8-35-9-11-39-12-10-35/h1-6,13-14H,7-12,15H2,(H,37,38). The van der Waals surface area contributed by atoms with Crippen molar-refractivity contribution in [3.63, 3.8) is 0 Å². The highest BCUT2D eigenvalue weighted by Crippen LogP contribution is 2.39. The second-order valence-corrected chi connectivity index (χ2v) is 9.33. The Labute approximate surface area is 218 Å². The maximum atomic E-state index is 14.0. The quantitative estimate of drug-likeness (QED) is 0.305. The number of hydrogen-bond acceptors (Lipinski definition) is 4. The van der Waals surface area contributed by atoms with E-state index in [2.05, 4.69) is 9.88 Å². The number of carbonyl (C=O) groups is 1. The van der Waals surface area contributed by atoms with E-state index in [4.69, 9.17) is 4.74 Å². The van der Waals surface area contributed by atoms with Gasteiger partial charge in [-0.1, -0.05) is 24.3 Å². The van der Waals surface area contributed by atoms with E-state index in [0.29, 0.717) is 72.8 Å². The number of rotatable bonds is 6. The number of halogens is 6. The third-order valence-corrected chi connectivity index (χ3v) is 6.88. The Morgan fingerprint density at radius 1 is 0.949 bits per heavy atom. The molecule has 0 aliphatic carbocycles. The van der Waals surface area contributed by atoms with Gasteiger partial charge in [0.15, 0.2) is 0 Å². The predicted octanol–water partition coefficient (Wildman–Crippen LogP) is 5.85. The van der Waals surface area contributed by atoms with Crippen LogP contribution in [0, 0.1) is 0 Å². The molecule has 12 heteroatoms. The zero-order chi connectivity index (χ0) is 27.9. The third kappa shape index (κ3) is 5.44. The molecule has 1 fully saturated rings. The monoisotopic (exact) mass is 551 g/mol. The fourth-order valence-corrected chi connectivity index (χ4v) is 5.02. The van der Waals surface area contributed by atoms with Crippen LogP contribution in [0.25, 0.3) is 21.8 Å². The van der Waals surface area contributed by atoms with Gasteiger partial charge in [-0.05, 0) is 29.8 Å². The van der Waals surface area contributed by atoms with E-state index in [0.717, 1.165) is 6.07 Å². The van der Waals surface area contributed by atoms with Gasteiger partial charge in [0, 0.05) is 48.9 Å². The predicted molar refractivity (Wildman–Crippen MR) is 131 cm³/mol. The van der Waals surface area contributed by atoms with Crippen LogP contribution in [0.15, 0.2) is 48.5 Å². The van der Waals surface area contributed by atoms with Crippen LogP contribution in [-0.4, -0.2) is 58.4 Å². The summed E-state index contributed by atoms with van der Waals surface area (Å²) >= 11 is 0. The summed E-state index contributed by atoms with van der Waals surface area (Å²) in [4.78, 5) is 18.4. The molecule has 0 bridgehead atoms. The van der Waals surface area contributed by atoms with Crippen molar-refractivity contribution >= 4 is 27.8 Å². The van der Waals surface area contributed by atoms with Crippen molar-refractivity contribution in [2.24, 2.45) is 0 Å². The molecule has 0 unspecified atom stereocenters. The Hall–Kier alpha value is -3.64. The molecule has 2 aromatic carbocycles. The average Bonchev–Trinajstić information content (AvgIpc) is 3.20. The zero-order valence-electron chi connectivity index (χ0n) is 20.4. The summed E-state index contributed by atoms with van der Waals surface area (Å²) in [6.07, 6.45) is -9.65. The van der Waals surface area contributed by atoms with Crippen LogP contribution >= 0.6 is 0 Å². The van der Waals surface area contributed by atoms with Crippen LogP contribution in [0.2, 0.25) is 0 Å². The first-order valence-corrected chi connectivity index (χ1v) is 12.1. The molecular formula is C27H23F6N3O3. The van der Waals surface area contributed by atoms with Crippen molar-refractivity contribution in [3.8, 4) is 0 Å². The Morgan fingerprint density at radius 2 is 1.67 bits per heavy atom. The highest BCUT2D eigenvalue weighted by atomic mass is 19.4. The summed E-state index contributed by atoms with van der Waals surface area (Å²) in [6, 6.07) is 9.81. The molecule has 5 rings (SSSR count). The van der Waals surface area contributed by atoms with Crippen molar-refractivity contribution in [2.45, 2.75) is 25.3 Å². The minimum Gasteiger partial charge on any atom is -0.477 e. The first kappa shape index (κ1) is 26.9. The molecule has 1 N–H and O–H groups in total. The lowest BCUT2D eigenvalue weighted by atomic mass is 10.0. The molecule has 206 valence electrons. The molecule has 0 amide bonds. The SMILES string of the molecule is O=C(O)c1cc2c3ccccc3n(Cc3ccc(C(F)(F)F)cc3C(F)(F)F)c2c(CCN2CCOCC2)n1. The van der Waals surface area contributed by atoms with Crippen molar-refractivity contribution in [1.82, 2.24) is 14.5 Å². The summed E-state index contributed by atoms with van der Waals surface area (Å²) in [5.74, 6) is -1.25. The van der Waals surface area contributed by atoms with Crippen molar-refractivity contribution < 1.29 is 41.0 Å². The Morgan fingerprint density at radius 3 is 2.33 bits per heavy atom. The van der Waals surface area contributed by atoms with E-state index in [-0.39, 0.29) is 17.3 Å². The van der Waals surface area contributed by atoms with Crippen molar-refractivity contribution in [3.05, 3.63) is 76.6 Å². The number of hydrogen-bond donors (Lipinski definition) is 1. The summed E-state index contributed by atoms with van der Waals surface area (Å²) in [5, 5.41) is 10.8. The summed E-state index contributed by atoms with van der Waals surface area (Å²) in [7, 11) is 0. The summed E-state index contributed by atoms with van der Waals surface area (Å²) in [6.45, 7) is 2.56. The van der Waals surface area contributed by atoms with E-state index in [1.165, 1.54) is 6.07 Å². The number of fused-ring (bicyclic) bond motifs is 3. The largest absolute Gasteiger partial charge is 0.477 e. The average molecular weight is 551 g/mol. The molecule has 39 heavy (non-hydrogen) atoms. The van der Waals surface area contributed by atoms with Crippen LogP contribution in [0.5, 0.6) is 0 Å². The maximum absolute atomic E-state index is 14.0. The number of pyridine rings is 1. The number of aromatic carboxylic acids is 1. The van der Waals surface area contributed by atoms with Gasteiger partial charge in [0.1, 0.15) is 5.69 Å². The molecule has 1 aliphatic heterocycles. The number of ether oxygens (including phenoxy) is 1. The highest BCUT2D eigenvalue weighted by Gasteiger charge is 2.38. The summed E-state index contributed by atoms with van der Waals surface area (Å²) < 4.78 is 88.5. The van der Waals surface area contributed by atoms with Crippen molar-refractivity contribution in [1.29, 1.82) is 0 Å². The number of morpholine rings is 1. The lowest BCUT2D eigenvalue weighted by Crippen LogP contribution is -2.37. The smallest absolute Gasteiger partial charge is 0.416 e. The number of aromatic nitrogens is 2.